The zero-order valence-corrected chi connectivity index (χ0v) is 8.97. The first-order valence-electron chi connectivity index (χ1n) is 4.90. The van der Waals surface area contributed by atoms with Gasteiger partial charge in [0.2, 0.25) is 0 Å². The maximum atomic E-state index is 11.4. The molecule has 1 aliphatic rings. The number of aromatic nitrogens is 2. The van der Waals surface area contributed by atoms with Crippen LogP contribution in [-0.4, -0.2) is 22.8 Å². The van der Waals surface area contributed by atoms with Crippen molar-refractivity contribution in [2.75, 3.05) is 18.3 Å². The lowest BCUT2D eigenvalue weighted by Crippen LogP contribution is -2.19. The largest absolute Gasteiger partial charge is 0.468 e. The molecule has 0 fully saturated rings. The number of nitrogen functional groups attached to an aromatic ring is 1. The number of rotatable bonds is 0. The lowest BCUT2D eigenvalue weighted by atomic mass is 10.2. The smallest absolute Gasteiger partial charge is 0.296 e. The second kappa shape index (κ2) is 3.21. The third-order valence-corrected chi connectivity index (χ3v) is 2.53. The lowest BCUT2D eigenvalue weighted by Gasteiger charge is -2.12. The Morgan fingerprint density at radius 2 is 2.29 bits per heavy atom. The number of nitrogens with two attached hydrogens (primary N) is 1. The quantitative estimate of drug-likeness (QED) is 0.630. The van der Waals surface area contributed by atoms with Crippen LogP contribution in [-0.2, 0) is 4.74 Å². The van der Waals surface area contributed by atoms with Gasteiger partial charge in [-0.3, -0.25) is 14.8 Å². The van der Waals surface area contributed by atoms with Crippen molar-refractivity contribution in [2.24, 2.45) is 4.99 Å². The number of aliphatic imine (C=N–C) groups is 1. The van der Waals surface area contributed by atoms with E-state index in [1.54, 1.807) is 12.3 Å². The van der Waals surface area contributed by atoms with Gasteiger partial charge in [0.25, 0.3) is 11.6 Å². The van der Waals surface area contributed by atoms with E-state index in [1.165, 1.54) is 17.9 Å². The summed E-state index contributed by atoms with van der Waals surface area (Å²) in [6.07, 6.45) is 1.68. The van der Waals surface area contributed by atoms with E-state index in [-0.39, 0.29) is 11.6 Å². The molecule has 0 aliphatic carbocycles. The number of methoxy groups -OCH3 is 1. The van der Waals surface area contributed by atoms with Crippen molar-refractivity contribution in [3.63, 3.8) is 0 Å². The molecule has 17 heavy (non-hydrogen) atoms. The van der Waals surface area contributed by atoms with Crippen molar-refractivity contribution in [3.05, 3.63) is 28.7 Å². The number of hydrogen-bond donors (Lipinski definition) is 2. The van der Waals surface area contributed by atoms with Crippen LogP contribution in [0.1, 0.15) is 0 Å². The van der Waals surface area contributed by atoms with Crippen LogP contribution in [0.2, 0.25) is 0 Å². The Balaban J connectivity index is 2.47. The summed E-state index contributed by atoms with van der Waals surface area (Å²) in [5.74, 6) is 6.69. The Hall–Kier alpha value is -2.57. The average Bonchev–Trinajstić information content (AvgIpc) is 2.54. The van der Waals surface area contributed by atoms with Crippen molar-refractivity contribution in [2.45, 2.75) is 0 Å². The van der Waals surface area contributed by atoms with Gasteiger partial charge in [0.05, 0.1) is 12.5 Å². The molecule has 0 saturated carbocycles. The van der Waals surface area contributed by atoms with E-state index < -0.39 is 0 Å². The standard InChI is InChI=1S/C10H9N5O2/c1-17-10-13-8-7-5(2-3-6(16)12-8)4-15(11)9(7)14-10/h2-4H,11H2,1H3,(H,12,13,14,16). The average molecular weight is 231 g/mol. The van der Waals surface area contributed by atoms with Crippen molar-refractivity contribution in [1.29, 1.82) is 0 Å². The molecule has 0 radical (unpaired) electrons. The topological polar surface area (TPSA) is 94.5 Å². The fourth-order valence-corrected chi connectivity index (χ4v) is 1.79. The Bertz CT molecular complexity index is 704. The predicted molar refractivity (Wildman–Crippen MR) is 63.9 cm³/mol. The van der Waals surface area contributed by atoms with E-state index in [1.807, 2.05) is 0 Å². The Morgan fingerprint density at radius 1 is 1.47 bits per heavy atom. The molecule has 2 aromatic rings. The molecular formula is C10H9N5O2. The van der Waals surface area contributed by atoms with Gasteiger partial charge in [0.15, 0.2) is 5.82 Å². The van der Waals surface area contributed by atoms with E-state index in [4.69, 9.17) is 10.6 Å². The molecule has 0 atom stereocenters. The lowest BCUT2D eigenvalue weighted by molar-refractivity contribution is 0.401. The minimum Gasteiger partial charge on any atom is -0.468 e. The Labute approximate surface area is 95.5 Å². The van der Waals surface area contributed by atoms with Gasteiger partial charge in [0.1, 0.15) is 5.82 Å². The van der Waals surface area contributed by atoms with Crippen LogP contribution < -0.4 is 16.7 Å². The summed E-state index contributed by atoms with van der Waals surface area (Å²) in [5, 5.41) is 4.33. The first-order valence-corrected chi connectivity index (χ1v) is 4.90. The summed E-state index contributed by atoms with van der Waals surface area (Å²) in [4.78, 5) is 19.5. The molecule has 3 rings (SSSR count). The second-order valence-corrected chi connectivity index (χ2v) is 3.57. The van der Waals surface area contributed by atoms with E-state index in [9.17, 15) is 4.79 Å². The highest BCUT2D eigenvalue weighted by atomic mass is 16.5. The molecule has 7 heteroatoms. The van der Waals surface area contributed by atoms with Crippen LogP contribution in [0, 0.1) is 0 Å². The van der Waals surface area contributed by atoms with Gasteiger partial charge in [-0.1, -0.05) is 0 Å². The maximum absolute atomic E-state index is 11.4. The van der Waals surface area contributed by atoms with Crippen LogP contribution in [0.3, 0.4) is 0 Å². The summed E-state index contributed by atoms with van der Waals surface area (Å²) in [6, 6.07) is 3.30. The molecule has 2 aromatic heterocycles. The van der Waals surface area contributed by atoms with E-state index >= 15 is 0 Å². The number of nitrogens with zero attached hydrogens (tertiary/aromatic N) is 3. The van der Waals surface area contributed by atoms with E-state index in [0.29, 0.717) is 17.0 Å². The first-order chi connectivity index (χ1) is 8.19. The van der Waals surface area contributed by atoms with Gasteiger partial charge in [-0.25, -0.2) is 0 Å². The zero-order chi connectivity index (χ0) is 12.0. The van der Waals surface area contributed by atoms with Crippen LogP contribution >= 0.6 is 0 Å². The molecular weight excluding hydrogens is 222 g/mol. The Kier molecular flexibility index (Phi) is 1.82. The van der Waals surface area contributed by atoms with Crippen molar-refractivity contribution in [3.8, 4) is 0 Å². The van der Waals surface area contributed by atoms with Gasteiger partial charge >= 0.3 is 0 Å². The van der Waals surface area contributed by atoms with Gasteiger partial charge in [-0.05, 0) is 6.07 Å². The predicted octanol–water partition coefficient (Wildman–Crippen LogP) is 0.170. The maximum Gasteiger partial charge on any atom is 0.296 e. The monoisotopic (exact) mass is 231 g/mol. The SMILES string of the molecule is COC1=Nc2c3c(nc(=O)ccc3cn2N)N1. The molecule has 0 aromatic carbocycles. The highest BCUT2D eigenvalue weighted by molar-refractivity contribution is 6.09. The highest BCUT2D eigenvalue weighted by Crippen LogP contribution is 2.33. The minimum atomic E-state index is -0.337. The second-order valence-electron chi connectivity index (χ2n) is 3.57. The fourth-order valence-electron chi connectivity index (χ4n) is 1.79. The van der Waals surface area contributed by atoms with Gasteiger partial charge in [-0.2, -0.15) is 9.98 Å². The molecule has 0 unspecified atom stereocenters. The molecule has 86 valence electrons. The van der Waals surface area contributed by atoms with E-state index in [0.717, 1.165) is 5.39 Å². The van der Waals surface area contributed by atoms with Crippen molar-refractivity contribution in [1.82, 2.24) is 9.66 Å². The molecule has 3 N–H and O–H groups in total. The van der Waals surface area contributed by atoms with Crippen LogP contribution in [0.5, 0.6) is 0 Å². The number of hydrogen-bond acceptors (Lipinski definition) is 6. The normalized spacial score (nSPS) is 13.1. The van der Waals surface area contributed by atoms with Gasteiger partial charge in [0, 0.05) is 17.6 Å². The summed E-state index contributed by atoms with van der Waals surface area (Å²) >= 11 is 0. The highest BCUT2D eigenvalue weighted by Gasteiger charge is 2.19. The molecule has 7 nitrogen and oxygen atoms in total. The number of ether oxygens (including phenoxy) is 1. The number of amidine groups is 1. The van der Waals surface area contributed by atoms with Crippen LogP contribution in [0.25, 0.3) is 10.8 Å². The van der Waals surface area contributed by atoms with Crippen LogP contribution in [0.15, 0.2) is 28.1 Å². The summed E-state index contributed by atoms with van der Waals surface area (Å²) in [7, 11) is 1.47. The summed E-state index contributed by atoms with van der Waals surface area (Å²) in [6.45, 7) is 0. The molecule has 1 aliphatic heterocycles. The van der Waals surface area contributed by atoms with Crippen LogP contribution in [0.4, 0.5) is 11.6 Å². The van der Waals surface area contributed by atoms with E-state index in [2.05, 4.69) is 15.3 Å². The van der Waals surface area contributed by atoms with Gasteiger partial charge < -0.3 is 10.6 Å². The summed E-state index contributed by atoms with van der Waals surface area (Å²) in [5.41, 5.74) is -0.337. The minimum absolute atomic E-state index is 0.252. The molecule has 3 heterocycles. The molecule has 0 spiro atoms. The molecule has 0 saturated heterocycles. The Morgan fingerprint density at radius 3 is 3.06 bits per heavy atom. The summed E-state index contributed by atoms with van der Waals surface area (Å²) < 4.78 is 6.38. The third kappa shape index (κ3) is 1.32. The first kappa shape index (κ1) is 9.64. The number of anilines is 1. The van der Waals surface area contributed by atoms with Crippen molar-refractivity contribution < 1.29 is 4.74 Å². The zero-order valence-electron chi connectivity index (χ0n) is 8.97. The molecule has 0 bridgehead atoms. The molecule has 0 amide bonds. The third-order valence-electron chi connectivity index (χ3n) is 2.53. The van der Waals surface area contributed by atoms with Crippen molar-refractivity contribution >= 4 is 28.4 Å². The van der Waals surface area contributed by atoms with Gasteiger partial charge in [-0.15, -0.1) is 0 Å². The fraction of sp³-hybridized carbons (Fsp3) is 0.100. The number of nitrogens with one attached hydrogen (secondary N) is 1.